The Balaban J connectivity index is 2.09. The van der Waals surface area contributed by atoms with Crippen LogP contribution in [0.5, 0.6) is 0 Å². The summed E-state index contributed by atoms with van der Waals surface area (Å²) in [4.78, 5) is 0. The van der Waals surface area contributed by atoms with Crippen LogP contribution in [0.2, 0.25) is 0 Å². The Bertz CT molecular complexity index is 800. The molecule has 3 N–H and O–H groups in total. The standard InChI is InChI=1S/C16H14FIN2O/c1-9-2-5-14-10(6-9)7-15(21-14)16(20-19)12-4-3-11(17)8-13(12)18/h2-8,16,20H,19H2,1H3. The molecule has 3 nitrogen and oxygen atoms in total. The molecule has 3 rings (SSSR count). The SMILES string of the molecule is Cc1ccc2oc(C(NN)c3ccc(F)cc3I)cc2c1. The molecule has 108 valence electrons. The lowest BCUT2D eigenvalue weighted by molar-refractivity contribution is 0.475. The predicted octanol–water partition coefficient (Wildman–Crippen LogP) is 4.04. The van der Waals surface area contributed by atoms with Gasteiger partial charge in [0.2, 0.25) is 0 Å². The van der Waals surface area contributed by atoms with E-state index in [9.17, 15) is 4.39 Å². The molecular formula is C16H14FIN2O. The molecule has 0 fully saturated rings. The zero-order valence-corrected chi connectivity index (χ0v) is 13.5. The summed E-state index contributed by atoms with van der Waals surface area (Å²) in [6.07, 6.45) is 0. The van der Waals surface area contributed by atoms with Gasteiger partial charge in [0.15, 0.2) is 0 Å². The van der Waals surface area contributed by atoms with E-state index in [1.54, 1.807) is 6.07 Å². The lowest BCUT2D eigenvalue weighted by Crippen LogP contribution is -2.29. The molecular weight excluding hydrogens is 382 g/mol. The van der Waals surface area contributed by atoms with Crippen LogP contribution in [0.25, 0.3) is 11.0 Å². The van der Waals surface area contributed by atoms with Gasteiger partial charge in [-0.3, -0.25) is 5.84 Å². The van der Waals surface area contributed by atoms with Gasteiger partial charge in [-0.1, -0.05) is 17.7 Å². The molecule has 5 heteroatoms. The molecule has 0 saturated heterocycles. The second-order valence-corrected chi connectivity index (χ2v) is 6.12. The van der Waals surface area contributed by atoms with Gasteiger partial charge in [0.05, 0.1) is 0 Å². The van der Waals surface area contributed by atoms with E-state index in [0.29, 0.717) is 5.76 Å². The first-order chi connectivity index (χ1) is 10.1. The first-order valence-electron chi connectivity index (χ1n) is 6.49. The van der Waals surface area contributed by atoms with Crippen molar-refractivity contribution in [2.24, 2.45) is 5.84 Å². The summed E-state index contributed by atoms with van der Waals surface area (Å²) < 4.78 is 19.9. The molecule has 2 aromatic carbocycles. The van der Waals surface area contributed by atoms with Crippen LogP contribution in [0, 0.1) is 16.3 Å². The summed E-state index contributed by atoms with van der Waals surface area (Å²) in [5.74, 6) is 6.13. The average Bonchev–Trinajstić information content (AvgIpc) is 2.84. The number of halogens is 2. The normalized spacial score (nSPS) is 12.8. The van der Waals surface area contributed by atoms with Gasteiger partial charge in [-0.05, 0) is 65.4 Å². The van der Waals surface area contributed by atoms with Crippen LogP contribution >= 0.6 is 22.6 Å². The van der Waals surface area contributed by atoms with Crippen LogP contribution < -0.4 is 11.3 Å². The van der Waals surface area contributed by atoms with E-state index in [4.69, 9.17) is 10.3 Å². The first-order valence-corrected chi connectivity index (χ1v) is 7.57. The maximum Gasteiger partial charge on any atom is 0.134 e. The molecule has 3 aromatic rings. The summed E-state index contributed by atoms with van der Waals surface area (Å²) in [7, 11) is 0. The third-order valence-electron chi connectivity index (χ3n) is 3.42. The number of hydrogen-bond donors (Lipinski definition) is 2. The van der Waals surface area contributed by atoms with Crippen LogP contribution in [-0.2, 0) is 0 Å². The Hall–Kier alpha value is -1.44. The minimum atomic E-state index is -0.315. The van der Waals surface area contributed by atoms with Crippen molar-refractivity contribution < 1.29 is 8.81 Å². The topological polar surface area (TPSA) is 51.2 Å². The van der Waals surface area contributed by atoms with Crippen LogP contribution in [0.4, 0.5) is 4.39 Å². The Morgan fingerprint density at radius 2 is 2.00 bits per heavy atom. The zero-order valence-electron chi connectivity index (χ0n) is 11.4. The van der Waals surface area contributed by atoms with E-state index < -0.39 is 0 Å². The molecule has 0 amide bonds. The second kappa shape index (κ2) is 5.75. The molecule has 21 heavy (non-hydrogen) atoms. The third kappa shape index (κ3) is 2.81. The van der Waals surface area contributed by atoms with Gasteiger partial charge < -0.3 is 4.42 Å². The van der Waals surface area contributed by atoms with Gasteiger partial charge in [-0.2, -0.15) is 0 Å². The van der Waals surface area contributed by atoms with Gasteiger partial charge in [0.25, 0.3) is 0 Å². The molecule has 0 aliphatic carbocycles. The Kier molecular flexibility index (Phi) is 3.97. The summed E-state index contributed by atoms with van der Waals surface area (Å²) in [5, 5.41) is 1.03. The van der Waals surface area contributed by atoms with E-state index in [2.05, 4.69) is 34.1 Å². The number of rotatable bonds is 3. The maximum absolute atomic E-state index is 13.2. The molecule has 1 unspecified atom stereocenters. The fourth-order valence-electron chi connectivity index (χ4n) is 2.39. The van der Waals surface area contributed by atoms with Crippen molar-refractivity contribution in [3.8, 4) is 0 Å². The van der Waals surface area contributed by atoms with E-state index in [1.807, 2.05) is 25.1 Å². The second-order valence-electron chi connectivity index (χ2n) is 4.96. The lowest BCUT2D eigenvalue weighted by Gasteiger charge is -2.15. The van der Waals surface area contributed by atoms with Crippen molar-refractivity contribution in [2.45, 2.75) is 13.0 Å². The van der Waals surface area contributed by atoms with Gasteiger partial charge in [-0.25, -0.2) is 9.82 Å². The highest BCUT2D eigenvalue weighted by Gasteiger charge is 2.20. The quantitative estimate of drug-likeness (QED) is 0.399. The highest BCUT2D eigenvalue weighted by Crippen LogP contribution is 2.30. The molecule has 1 atom stereocenters. The lowest BCUT2D eigenvalue weighted by atomic mass is 10.0. The summed E-state index contributed by atoms with van der Waals surface area (Å²) in [6.45, 7) is 2.04. The number of benzene rings is 2. The average molecular weight is 396 g/mol. The van der Waals surface area contributed by atoms with E-state index >= 15 is 0 Å². The van der Waals surface area contributed by atoms with Crippen molar-refractivity contribution in [1.29, 1.82) is 0 Å². The smallest absolute Gasteiger partial charge is 0.134 e. The van der Waals surface area contributed by atoms with Crippen molar-refractivity contribution >= 4 is 33.6 Å². The highest BCUT2D eigenvalue weighted by atomic mass is 127. The summed E-state index contributed by atoms with van der Waals surface area (Å²) in [6, 6.07) is 12.3. The number of furan rings is 1. The van der Waals surface area contributed by atoms with Crippen molar-refractivity contribution in [2.75, 3.05) is 0 Å². The number of hydrazine groups is 1. The van der Waals surface area contributed by atoms with Crippen LogP contribution in [0.3, 0.4) is 0 Å². The monoisotopic (exact) mass is 396 g/mol. The number of nitrogens with one attached hydrogen (secondary N) is 1. The van der Waals surface area contributed by atoms with Crippen LogP contribution in [-0.4, -0.2) is 0 Å². The summed E-state index contributed by atoms with van der Waals surface area (Å²) in [5.41, 5.74) is 5.62. The Morgan fingerprint density at radius 3 is 2.71 bits per heavy atom. The maximum atomic E-state index is 13.2. The molecule has 0 saturated carbocycles. The highest BCUT2D eigenvalue weighted by molar-refractivity contribution is 14.1. The minimum absolute atomic E-state index is 0.265. The Morgan fingerprint density at radius 1 is 1.19 bits per heavy atom. The van der Waals surface area contributed by atoms with Gasteiger partial charge in [0.1, 0.15) is 23.2 Å². The van der Waals surface area contributed by atoms with Gasteiger partial charge >= 0.3 is 0 Å². The molecule has 0 radical (unpaired) electrons. The number of nitrogens with two attached hydrogens (primary N) is 1. The van der Waals surface area contributed by atoms with Gasteiger partial charge in [-0.15, -0.1) is 0 Å². The molecule has 0 aliphatic heterocycles. The molecule has 0 spiro atoms. The number of fused-ring (bicyclic) bond motifs is 1. The van der Waals surface area contributed by atoms with Gasteiger partial charge in [0, 0.05) is 8.96 Å². The van der Waals surface area contributed by atoms with Crippen LogP contribution in [0.15, 0.2) is 46.9 Å². The van der Waals surface area contributed by atoms with E-state index in [0.717, 1.165) is 20.1 Å². The minimum Gasteiger partial charge on any atom is -0.459 e. The fourth-order valence-corrected chi connectivity index (χ4v) is 3.18. The fraction of sp³-hybridized carbons (Fsp3) is 0.125. The van der Waals surface area contributed by atoms with E-state index in [-0.39, 0.29) is 11.9 Å². The Labute approximate surface area is 135 Å². The number of aryl methyl sites for hydroxylation is 1. The largest absolute Gasteiger partial charge is 0.459 e. The molecule has 0 bridgehead atoms. The third-order valence-corrected chi connectivity index (χ3v) is 4.35. The first kappa shape index (κ1) is 14.5. The van der Waals surface area contributed by atoms with Crippen molar-refractivity contribution in [1.82, 2.24) is 5.43 Å². The molecule has 1 heterocycles. The zero-order chi connectivity index (χ0) is 15.0. The number of hydrogen-bond acceptors (Lipinski definition) is 3. The molecule has 1 aromatic heterocycles. The predicted molar refractivity (Wildman–Crippen MR) is 89.2 cm³/mol. The molecule has 0 aliphatic rings. The van der Waals surface area contributed by atoms with E-state index in [1.165, 1.54) is 17.7 Å². The van der Waals surface area contributed by atoms with Crippen molar-refractivity contribution in [3.63, 3.8) is 0 Å². The van der Waals surface area contributed by atoms with Crippen molar-refractivity contribution in [3.05, 3.63) is 68.7 Å². The van der Waals surface area contributed by atoms with Crippen LogP contribution in [0.1, 0.15) is 22.9 Å². The summed E-state index contributed by atoms with van der Waals surface area (Å²) >= 11 is 2.10.